The lowest BCUT2D eigenvalue weighted by Gasteiger charge is -2.26. The van der Waals surface area contributed by atoms with Crippen molar-refractivity contribution in [3.63, 3.8) is 0 Å². The van der Waals surface area contributed by atoms with E-state index in [4.69, 9.17) is 14.2 Å². The summed E-state index contributed by atoms with van der Waals surface area (Å²) in [6, 6.07) is 12.2. The first-order chi connectivity index (χ1) is 13.7. The number of amides is 1. The van der Waals surface area contributed by atoms with Gasteiger partial charge in [0.25, 0.3) is 5.91 Å². The van der Waals surface area contributed by atoms with Crippen LogP contribution in [0.4, 0.5) is 0 Å². The lowest BCUT2D eigenvalue weighted by atomic mass is 10.2. The molecule has 1 N–H and O–H groups in total. The number of hydrogen-bond donors (Lipinski definition) is 1. The maximum atomic E-state index is 12.1. The minimum Gasteiger partial charge on any atom is -0.486 e. The predicted molar refractivity (Wildman–Crippen MR) is 99.2 cm³/mol. The van der Waals surface area contributed by atoms with Crippen LogP contribution in [0.25, 0.3) is 11.0 Å². The van der Waals surface area contributed by atoms with Crippen molar-refractivity contribution in [2.24, 2.45) is 0 Å². The number of carbonyl (C=O) groups excluding carboxylic acids is 2. The molecule has 1 aromatic heterocycles. The molecule has 1 atom stereocenters. The highest BCUT2D eigenvalue weighted by Gasteiger charge is 2.21. The second-order valence-electron chi connectivity index (χ2n) is 6.14. The van der Waals surface area contributed by atoms with Crippen molar-refractivity contribution < 1.29 is 23.8 Å². The molecule has 0 unspecified atom stereocenters. The molecular weight excluding hydrogens is 362 g/mol. The lowest BCUT2D eigenvalue weighted by molar-refractivity contribution is -0.124. The van der Waals surface area contributed by atoms with Gasteiger partial charge >= 0.3 is 5.97 Å². The molecule has 1 aliphatic heterocycles. The second kappa shape index (κ2) is 7.91. The number of esters is 1. The largest absolute Gasteiger partial charge is 0.486 e. The van der Waals surface area contributed by atoms with Crippen LogP contribution in [0.5, 0.6) is 11.5 Å². The zero-order valence-electron chi connectivity index (χ0n) is 14.8. The predicted octanol–water partition coefficient (Wildman–Crippen LogP) is 1.74. The average Bonchev–Trinajstić information content (AvgIpc) is 2.75. The van der Waals surface area contributed by atoms with Gasteiger partial charge in [0.2, 0.25) is 0 Å². The topological polar surface area (TPSA) is 99.6 Å². The average molecular weight is 379 g/mol. The van der Waals surface area contributed by atoms with Crippen LogP contribution in [-0.4, -0.2) is 47.7 Å². The molecule has 28 heavy (non-hydrogen) atoms. The number of fused-ring (bicyclic) bond motifs is 2. The Balaban J connectivity index is 1.25. The summed E-state index contributed by atoms with van der Waals surface area (Å²) in [5, 5.41) is 2.68. The number of rotatable bonds is 5. The number of ether oxygens (including phenoxy) is 3. The van der Waals surface area contributed by atoms with Crippen molar-refractivity contribution >= 4 is 22.9 Å². The minimum absolute atomic E-state index is 0.246. The van der Waals surface area contributed by atoms with Gasteiger partial charge in [-0.05, 0) is 30.3 Å². The summed E-state index contributed by atoms with van der Waals surface area (Å²) >= 11 is 0. The van der Waals surface area contributed by atoms with E-state index in [-0.39, 0.29) is 19.3 Å². The van der Waals surface area contributed by atoms with E-state index in [1.54, 1.807) is 36.7 Å². The van der Waals surface area contributed by atoms with Crippen molar-refractivity contribution in [3.05, 3.63) is 60.4 Å². The number of benzene rings is 2. The molecule has 8 heteroatoms. The first kappa shape index (κ1) is 17.7. The van der Waals surface area contributed by atoms with Gasteiger partial charge in [-0.3, -0.25) is 14.8 Å². The lowest BCUT2D eigenvalue weighted by Crippen LogP contribution is -2.42. The minimum atomic E-state index is -0.603. The zero-order chi connectivity index (χ0) is 19.3. The monoisotopic (exact) mass is 379 g/mol. The van der Waals surface area contributed by atoms with Gasteiger partial charge in [-0.1, -0.05) is 12.1 Å². The fourth-order valence-corrected chi connectivity index (χ4v) is 2.75. The first-order valence-corrected chi connectivity index (χ1v) is 8.72. The summed E-state index contributed by atoms with van der Waals surface area (Å²) < 4.78 is 16.4. The van der Waals surface area contributed by atoms with E-state index in [0.29, 0.717) is 34.7 Å². The van der Waals surface area contributed by atoms with Crippen LogP contribution in [0.1, 0.15) is 10.4 Å². The molecule has 142 valence electrons. The van der Waals surface area contributed by atoms with Crippen molar-refractivity contribution in [1.29, 1.82) is 0 Å². The van der Waals surface area contributed by atoms with Crippen LogP contribution < -0.4 is 14.8 Å². The highest BCUT2D eigenvalue weighted by molar-refractivity contribution is 5.94. The molecule has 0 saturated carbocycles. The highest BCUT2D eigenvalue weighted by Crippen LogP contribution is 2.30. The van der Waals surface area contributed by atoms with Crippen LogP contribution >= 0.6 is 0 Å². The zero-order valence-corrected chi connectivity index (χ0v) is 14.8. The number of nitrogens with zero attached hydrogens (tertiary/aromatic N) is 2. The number of carbonyl (C=O) groups is 2. The summed E-state index contributed by atoms with van der Waals surface area (Å²) in [5.41, 5.74) is 1.56. The third kappa shape index (κ3) is 4.01. The Bertz CT molecular complexity index is 1020. The summed E-state index contributed by atoms with van der Waals surface area (Å²) in [4.78, 5) is 32.4. The van der Waals surface area contributed by atoms with Crippen molar-refractivity contribution in [1.82, 2.24) is 15.3 Å². The SMILES string of the molecule is O=C(COC(=O)c1ccc2nccnc2c1)NC[C@@H]1COc2ccccc2O1. The Kier molecular flexibility index (Phi) is 5.01. The van der Waals surface area contributed by atoms with E-state index in [2.05, 4.69) is 15.3 Å². The Morgan fingerprint density at radius 1 is 1.07 bits per heavy atom. The fraction of sp³-hybridized carbons (Fsp3) is 0.200. The smallest absolute Gasteiger partial charge is 0.338 e. The number of para-hydroxylation sites is 2. The van der Waals surface area contributed by atoms with Crippen LogP contribution in [0.3, 0.4) is 0 Å². The molecule has 0 bridgehead atoms. The summed E-state index contributed by atoms with van der Waals surface area (Å²) in [6.45, 7) is 0.187. The summed E-state index contributed by atoms with van der Waals surface area (Å²) in [5.74, 6) is 0.295. The van der Waals surface area contributed by atoms with Gasteiger partial charge in [-0.2, -0.15) is 0 Å². The molecule has 0 radical (unpaired) electrons. The van der Waals surface area contributed by atoms with Crippen molar-refractivity contribution in [2.45, 2.75) is 6.10 Å². The van der Waals surface area contributed by atoms with Gasteiger partial charge < -0.3 is 19.5 Å². The standard InChI is InChI=1S/C20H17N3O5/c24-19(23-10-14-11-26-17-3-1-2-4-18(17)28-14)12-27-20(25)13-5-6-15-16(9-13)22-8-7-21-15/h1-9,14H,10-12H2,(H,23,24)/t14-/m1/s1. The van der Waals surface area contributed by atoms with E-state index in [1.807, 2.05) is 18.2 Å². The number of aromatic nitrogens is 2. The Morgan fingerprint density at radius 2 is 1.86 bits per heavy atom. The molecule has 0 spiro atoms. The molecule has 4 rings (SSSR count). The fourth-order valence-electron chi connectivity index (χ4n) is 2.75. The molecule has 2 aromatic carbocycles. The van der Waals surface area contributed by atoms with Crippen LogP contribution in [0.2, 0.25) is 0 Å². The van der Waals surface area contributed by atoms with Crippen LogP contribution in [-0.2, 0) is 9.53 Å². The van der Waals surface area contributed by atoms with E-state index >= 15 is 0 Å². The Morgan fingerprint density at radius 3 is 2.71 bits per heavy atom. The molecule has 0 aliphatic carbocycles. The number of hydrogen-bond acceptors (Lipinski definition) is 7. The van der Waals surface area contributed by atoms with Gasteiger partial charge in [-0.25, -0.2) is 4.79 Å². The maximum absolute atomic E-state index is 12.1. The molecule has 2 heterocycles. The van der Waals surface area contributed by atoms with E-state index in [0.717, 1.165) is 0 Å². The molecule has 0 saturated heterocycles. The molecule has 8 nitrogen and oxygen atoms in total. The van der Waals surface area contributed by atoms with Crippen LogP contribution in [0.15, 0.2) is 54.9 Å². The van der Waals surface area contributed by atoms with E-state index in [9.17, 15) is 9.59 Å². The maximum Gasteiger partial charge on any atom is 0.338 e. The Labute approximate surface area is 160 Å². The molecule has 1 aliphatic rings. The normalized spacial score (nSPS) is 15.1. The first-order valence-electron chi connectivity index (χ1n) is 8.72. The number of nitrogens with one attached hydrogen (secondary N) is 1. The van der Waals surface area contributed by atoms with E-state index in [1.165, 1.54) is 0 Å². The summed E-state index contributed by atoms with van der Waals surface area (Å²) in [7, 11) is 0. The highest BCUT2D eigenvalue weighted by atomic mass is 16.6. The van der Waals surface area contributed by atoms with Gasteiger partial charge in [-0.15, -0.1) is 0 Å². The molecular formula is C20H17N3O5. The van der Waals surface area contributed by atoms with E-state index < -0.39 is 11.9 Å². The molecule has 0 fully saturated rings. The molecule has 1 amide bonds. The molecule has 3 aromatic rings. The van der Waals surface area contributed by atoms with Crippen molar-refractivity contribution in [2.75, 3.05) is 19.8 Å². The van der Waals surface area contributed by atoms with Gasteiger partial charge in [0.15, 0.2) is 18.1 Å². The summed E-state index contributed by atoms with van der Waals surface area (Å²) in [6.07, 6.45) is 2.80. The van der Waals surface area contributed by atoms with Crippen LogP contribution in [0, 0.1) is 0 Å². The van der Waals surface area contributed by atoms with Gasteiger partial charge in [0.05, 0.1) is 23.1 Å². The third-order valence-corrected chi connectivity index (χ3v) is 4.13. The third-order valence-electron chi connectivity index (χ3n) is 4.13. The second-order valence-corrected chi connectivity index (χ2v) is 6.14. The van der Waals surface area contributed by atoms with Gasteiger partial charge in [0, 0.05) is 12.4 Å². The van der Waals surface area contributed by atoms with Gasteiger partial charge in [0.1, 0.15) is 12.7 Å². The quantitative estimate of drug-likeness (QED) is 0.674. The Hall–Kier alpha value is -3.68. The van der Waals surface area contributed by atoms with Crippen molar-refractivity contribution in [3.8, 4) is 11.5 Å².